The second-order valence-electron chi connectivity index (χ2n) is 5.39. The first-order valence-corrected chi connectivity index (χ1v) is 8.79. The van der Waals surface area contributed by atoms with Gasteiger partial charge in [-0.2, -0.15) is 0 Å². The number of rotatable bonds is 6. The molecule has 1 unspecified atom stereocenters. The molecule has 0 bridgehead atoms. The first-order valence-electron chi connectivity index (χ1n) is 8.41. The van der Waals surface area contributed by atoms with Gasteiger partial charge in [0.2, 0.25) is 0 Å². The van der Waals surface area contributed by atoms with Gasteiger partial charge in [0, 0.05) is 17.2 Å². The van der Waals surface area contributed by atoms with Crippen LogP contribution < -0.4 is 0 Å². The van der Waals surface area contributed by atoms with Crippen LogP contribution in [0.3, 0.4) is 0 Å². The van der Waals surface area contributed by atoms with Crippen molar-refractivity contribution in [2.24, 2.45) is 10.9 Å². The summed E-state index contributed by atoms with van der Waals surface area (Å²) in [6, 6.07) is 3.99. The molecule has 1 N–H and O–H groups in total. The molecule has 0 heterocycles. The van der Waals surface area contributed by atoms with Crippen molar-refractivity contribution in [1.82, 2.24) is 0 Å². The lowest BCUT2D eigenvalue weighted by Crippen LogP contribution is -2.14. The Hall–Kier alpha value is -1.88. The summed E-state index contributed by atoms with van der Waals surface area (Å²) >= 11 is 5.67. The second-order valence-corrected chi connectivity index (χ2v) is 5.83. The molecule has 0 aromatic heterocycles. The molecule has 0 radical (unpaired) electrons. The quantitative estimate of drug-likeness (QED) is 0.288. The standard InChI is InChI=1S/C16H19ClFNO3.C3H8/c1-4-10(3)15(20)12(16(21)22-5-2)9-19-14-7-6-11(17)8-13(14)18;1-3-2/h6-10,20H,4-5H2,1-3H3;3H2,1-2H3/b15-12-,19-9?;. The summed E-state index contributed by atoms with van der Waals surface area (Å²) in [5.74, 6) is -1.67. The van der Waals surface area contributed by atoms with Gasteiger partial charge in [-0.15, -0.1) is 0 Å². The van der Waals surface area contributed by atoms with E-state index in [1.807, 2.05) is 6.92 Å². The van der Waals surface area contributed by atoms with E-state index in [1.165, 1.54) is 18.6 Å². The second kappa shape index (κ2) is 12.5. The number of allylic oxidation sites excluding steroid dienone is 1. The van der Waals surface area contributed by atoms with E-state index in [9.17, 15) is 14.3 Å². The third-order valence-electron chi connectivity index (χ3n) is 3.09. The summed E-state index contributed by atoms with van der Waals surface area (Å²) < 4.78 is 18.6. The van der Waals surface area contributed by atoms with E-state index in [4.69, 9.17) is 16.3 Å². The minimum absolute atomic E-state index is 0.0168. The number of benzene rings is 1. The molecule has 0 fully saturated rings. The maximum absolute atomic E-state index is 13.7. The summed E-state index contributed by atoms with van der Waals surface area (Å²) in [5.41, 5.74) is -0.0614. The van der Waals surface area contributed by atoms with Gasteiger partial charge in [-0.3, -0.25) is 4.99 Å². The molecule has 0 amide bonds. The van der Waals surface area contributed by atoms with Crippen molar-refractivity contribution in [3.8, 4) is 0 Å². The van der Waals surface area contributed by atoms with Crippen LogP contribution >= 0.6 is 11.6 Å². The Morgan fingerprint density at radius 2 is 1.96 bits per heavy atom. The van der Waals surface area contributed by atoms with Crippen molar-refractivity contribution in [1.29, 1.82) is 0 Å². The van der Waals surface area contributed by atoms with Crippen LogP contribution in [-0.4, -0.2) is 23.9 Å². The monoisotopic (exact) mass is 371 g/mol. The minimum atomic E-state index is -0.696. The number of nitrogens with zero attached hydrogens (tertiary/aromatic N) is 1. The fourth-order valence-electron chi connectivity index (χ4n) is 1.61. The largest absolute Gasteiger partial charge is 0.511 e. The molecule has 4 nitrogen and oxygen atoms in total. The molecule has 0 aliphatic rings. The maximum Gasteiger partial charge on any atom is 0.343 e. The first kappa shape index (κ1) is 23.1. The number of halogens is 2. The van der Waals surface area contributed by atoms with Gasteiger partial charge in [0.05, 0.1) is 12.3 Å². The van der Waals surface area contributed by atoms with Gasteiger partial charge in [-0.05, 0) is 31.5 Å². The van der Waals surface area contributed by atoms with Crippen LogP contribution in [0.5, 0.6) is 0 Å². The van der Waals surface area contributed by atoms with Crippen LogP contribution in [0.15, 0.2) is 34.5 Å². The third kappa shape index (κ3) is 8.16. The van der Waals surface area contributed by atoms with Crippen molar-refractivity contribution in [2.45, 2.75) is 47.5 Å². The fraction of sp³-hybridized carbons (Fsp3) is 0.474. The number of ether oxygens (including phenoxy) is 1. The molecule has 6 heteroatoms. The number of carbonyl (C=O) groups is 1. The van der Waals surface area contributed by atoms with Crippen LogP contribution in [-0.2, 0) is 9.53 Å². The average Bonchev–Trinajstić information content (AvgIpc) is 2.56. The Morgan fingerprint density at radius 1 is 1.36 bits per heavy atom. The highest BCUT2D eigenvalue weighted by Gasteiger charge is 2.18. The topological polar surface area (TPSA) is 58.9 Å². The SMILES string of the molecule is CCC.CCOC(=O)/C(C=Nc1ccc(Cl)cc1F)=C(\O)C(C)CC. The normalized spacial score (nSPS) is 12.9. The van der Waals surface area contributed by atoms with Crippen molar-refractivity contribution in [3.05, 3.63) is 40.4 Å². The highest BCUT2D eigenvalue weighted by Crippen LogP contribution is 2.22. The summed E-state index contributed by atoms with van der Waals surface area (Å²) in [6.45, 7) is 9.72. The Bertz CT molecular complexity index is 615. The Labute approximate surface area is 154 Å². The lowest BCUT2D eigenvalue weighted by Gasteiger charge is -2.11. The molecule has 0 saturated heterocycles. The van der Waals surface area contributed by atoms with Gasteiger partial charge in [-0.1, -0.05) is 45.7 Å². The molecule has 140 valence electrons. The summed E-state index contributed by atoms with van der Waals surface area (Å²) in [5, 5.41) is 10.4. The van der Waals surface area contributed by atoms with E-state index in [2.05, 4.69) is 18.8 Å². The van der Waals surface area contributed by atoms with E-state index in [0.717, 1.165) is 12.3 Å². The zero-order valence-electron chi connectivity index (χ0n) is 15.5. The maximum atomic E-state index is 13.7. The highest BCUT2D eigenvalue weighted by molar-refractivity contribution is 6.30. The predicted octanol–water partition coefficient (Wildman–Crippen LogP) is 6.02. The van der Waals surface area contributed by atoms with E-state index in [-0.39, 0.29) is 34.6 Å². The van der Waals surface area contributed by atoms with E-state index in [0.29, 0.717) is 6.42 Å². The Morgan fingerprint density at radius 3 is 2.44 bits per heavy atom. The zero-order chi connectivity index (χ0) is 19.4. The van der Waals surface area contributed by atoms with Crippen LogP contribution in [0.4, 0.5) is 10.1 Å². The number of esters is 1. The van der Waals surface area contributed by atoms with Crippen molar-refractivity contribution in [2.75, 3.05) is 6.61 Å². The molecule has 0 spiro atoms. The van der Waals surface area contributed by atoms with Crippen molar-refractivity contribution < 1.29 is 19.0 Å². The number of aliphatic hydroxyl groups excluding tert-OH is 1. The molecule has 1 rings (SSSR count). The molecule has 0 aliphatic carbocycles. The predicted molar refractivity (Wildman–Crippen MR) is 101 cm³/mol. The van der Waals surface area contributed by atoms with Gasteiger partial charge in [0.25, 0.3) is 0 Å². The summed E-state index contributed by atoms with van der Waals surface area (Å²) in [7, 11) is 0. The molecular weight excluding hydrogens is 345 g/mol. The number of carbonyl (C=O) groups excluding carboxylic acids is 1. The fourth-order valence-corrected chi connectivity index (χ4v) is 1.77. The number of hydrogen-bond acceptors (Lipinski definition) is 4. The van der Waals surface area contributed by atoms with Gasteiger partial charge >= 0.3 is 5.97 Å². The number of hydrogen-bond donors (Lipinski definition) is 1. The first-order chi connectivity index (χ1) is 11.8. The molecule has 25 heavy (non-hydrogen) atoms. The lowest BCUT2D eigenvalue weighted by atomic mass is 10.0. The van der Waals surface area contributed by atoms with E-state index >= 15 is 0 Å². The summed E-state index contributed by atoms with van der Waals surface area (Å²) in [6.07, 6.45) is 3.00. The third-order valence-corrected chi connectivity index (χ3v) is 3.33. The molecule has 1 atom stereocenters. The number of aliphatic imine (C=N–C) groups is 1. The molecule has 1 aromatic carbocycles. The average molecular weight is 372 g/mol. The van der Waals surface area contributed by atoms with Crippen LogP contribution in [0, 0.1) is 11.7 Å². The highest BCUT2D eigenvalue weighted by atomic mass is 35.5. The van der Waals surface area contributed by atoms with Gasteiger partial charge in [0.15, 0.2) is 0 Å². The van der Waals surface area contributed by atoms with Crippen LogP contribution in [0.1, 0.15) is 47.5 Å². The Kier molecular flexibility index (Phi) is 11.5. The Balaban J connectivity index is 0.00000178. The minimum Gasteiger partial charge on any atom is -0.511 e. The zero-order valence-corrected chi connectivity index (χ0v) is 16.2. The smallest absolute Gasteiger partial charge is 0.343 e. The lowest BCUT2D eigenvalue weighted by molar-refractivity contribution is -0.138. The molecule has 0 saturated carbocycles. The van der Waals surface area contributed by atoms with Crippen LogP contribution in [0.2, 0.25) is 5.02 Å². The summed E-state index contributed by atoms with van der Waals surface area (Å²) in [4.78, 5) is 15.8. The van der Waals surface area contributed by atoms with Crippen molar-refractivity contribution in [3.63, 3.8) is 0 Å². The number of aliphatic hydroxyl groups is 1. The van der Waals surface area contributed by atoms with Gasteiger partial charge < -0.3 is 9.84 Å². The van der Waals surface area contributed by atoms with Crippen molar-refractivity contribution >= 4 is 29.5 Å². The van der Waals surface area contributed by atoms with E-state index in [1.54, 1.807) is 13.8 Å². The molecule has 0 aliphatic heterocycles. The van der Waals surface area contributed by atoms with E-state index < -0.39 is 11.8 Å². The van der Waals surface area contributed by atoms with Crippen LogP contribution in [0.25, 0.3) is 0 Å². The molecular formula is C19H27ClFNO3. The van der Waals surface area contributed by atoms with Gasteiger partial charge in [0.1, 0.15) is 17.1 Å². The molecule has 1 aromatic rings. The van der Waals surface area contributed by atoms with Gasteiger partial charge in [-0.25, -0.2) is 9.18 Å².